The van der Waals surface area contributed by atoms with Crippen molar-refractivity contribution in [1.29, 1.82) is 0 Å². The number of nitrogens with zero attached hydrogens (tertiary/aromatic N) is 9. The molecule has 3 aliphatic rings. The number of aryl methyl sites for hydroxylation is 2. The Kier molecular flexibility index (Phi) is 17.4. The number of benzene rings is 2. The molecule has 9 rings (SSSR count). The molecule has 0 spiro atoms. The van der Waals surface area contributed by atoms with Gasteiger partial charge in [0.15, 0.2) is 5.13 Å². The van der Waals surface area contributed by atoms with Crippen LogP contribution in [0.2, 0.25) is 0 Å². The number of hydrogen-bond donors (Lipinski definition) is 2. The van der Waals surface area contributed by atoms with Gasteiger partial charge in [0.25, 0.3) is 0 Å². The molecule has 18 heteroatoms. The van der Waals surface area contributed by atoms with Crippen molar-refractivity contribution in [2.45, 2.75) is 87.2 Å². The van der Waals surface area contributed by atoms with Crippen LogP contribution in [0.25, 0.3) is 21.8 Å². The van der Waals surface area contributed by atoms with Gasteiger partial charge in [0.1, 0.15) is 36.1 Å². The molecule has 3 aliphatic heterocycles. The zero-order valence-corrected chi connectivity index (χ0v) is 45.5. The SMILES string of the molecule is Cc1cc2cccnc2c(N2CCCN(Cc3csc(C(C)C)n3)CC2)c1OCC(C)(C)C(=O)O.Cc1cc2cccnc2c(N2CCCN(Cc3csc(N4CCOCC4)n3)CC2)c1OCC(C)(C)C(=O)O. The molecule has 0 amide bonds. The Bertz CT molecular complexity index is 2840. The van der Waals surface area contributed by atoms with Crippen LogP contribution in [0.15, 0.2) is 59.6 Å². The molecule has 0 atom stereocenters. The number of carboxylic acids is 2. The van der Waals surface area contributed by atoms with Gasteiger partial charge in [0, 0.05) is 118 Å². The molecule has 0 saturated carbocycles. The fourth-order valence-electron chi connectivity index (χ4n) is 9.32. The number of carboxylic acid groups (broad SMARTS) is 2. The predicted molar refractivity (Wildman–Crippen MR) is 292 cm³/mol. The second-order valence-electron chi connectivity index (χ2n) is 21.1. The first-order valence-corrected chi connectivity index (χ1v) is 27.4. The molecule has 73 heavy (non-hydrogen) atoms. The average molecular weight is 1040 g/mol. The highest BCUT2D eigenvalue weighted by atomic mass is 32.1. The number of pyridine rings is 2. The predicted octanol–water partition coefficient (Wildman–Crippen LogP) is 9.36. The number of anilines is 3. The van der Waals surface area contributed by atoms with E-state index in [1.54, 1.807) is 50.4 Å². The van der Waals surface area contributed by atoms with Crippen LogP contribution in [0.1, 0.15) is 87.8 Å². The Labute approximate surface area is 437 Å². The van der Waals surface area contributed by atoms with Crippen molar-refractivity contribution in [1.82, 2.24) is 29.7 Å². The lowest BCUT2D eigenvalue weighted by atomic mass is 9.95. The largest absolute Gasteiger partial charge is 0.490 e. The van der Waals surface area contributed by atoms with Crippen LogP contribution in [0.3, 0.4) is 0 Å². The lowest BCUT2D eigenvalue weighted by molar-refractivity contribution is -0.149. The van der Waals surface area contributed by atoms with Gasteiger partial charge in [-0.15, -0.1) is 22.7 Å². The van der Waals surface area contributed by atoms with E-state index in [9.17, 15) is 19.8 Å². The minimum Gasteiger partial charge on any atom is -0.490 e. The first-order chi connectivity index (χ1) is 35.0. The maximum atomic E-state index is 11.7. The number of ether oxygens (including phenoxy) is 3. The average Bonchev–Trinajstić information content (AvgIpc) is 3.91. The fraction of sp³-hybridized carbons (Fsp3) is 0.527. The summed E-state index contributed by atoms with van der Waals surface area (Å²) in [4.78, 5) is 54.6. The molecule has 2 N–H and O–H groups in total. The van der Waals surface area contributed by atoms with Gasteiger partial charge < -0.3 is 39.1 Å². The maximum absolute atomic E-state index is 11.7. The monoisotopic (exact) mass is 1040 g/mol. The first-order valence-electron chi connectivity index (χ1n) is 25.6. The van der Waals surface area contributed by atoms with Gasteiger partial charge in [0.05, 0.1) is 51.5 Å². The Morgan fingerprint density at radius 1 is 0.658 bits per heavy atom. The summed E-state index contributed by atoms with van der Waals surface area (Å²) in [6, 6.07) is 12.2. The Morgan fingerprint density at radius 2 is 1.14 bits per heavy atom. The highest BCUT2D eigenvalue weighted by Crippen LogP contribution is 2.42. The molecular formula is C55H73N9O7S2. The third-order valence-corrected chi connectivity index (χ3v) is 15.9. The lowest BCUT2D eigenvalue weighted by Crippen LogP contribution is -2.36. The zero-order valence-electron chi connectivity index (χ0n) is 43.9. The summed E-state index contributed by atoms with van der Waals surface area (Å²) >= 11 is 3.47. The topological polar surface area (TPSA) is 170 Å². The van der Waals surface area contributed by atoms with Gasteiger partial charge in [-0.25, -0.2) is 9.97 Å². The highest BCUT2D eigenvalue weighted by molar-refractivity contribution is 7.13. The van der Waals surface area contributed by atoms with E-state index >= 15 is 0 Å². The minimum atomic E-state index is -0.994. The number of rotatable bonds is 16. The molecule has 3 fully saturated rings. The van der Waals surface area contributed by atoms with E-state index in [1.807, 2.05) is 38.4 Å². The van der Waals surface area contributed by atoms with Crippen molar-refractivity contribution in [3.63, 3.8) is 0 Å². The van der Waals surface area contributed by atoms with E-state index in [-0.39, 0.29) is 13.2 Å². The van der Waals surface area contributed by atoms with Crippen molar-refractivity contribution < 1.29 is 34.0 Å². The quantitative estimate of drug-likeness (QED) is 0.0939. The van der Waals surface area contributed by atoms with Gasteiger partial charge in [-0.2, -0.15) is 0 Å². The molecular weight excluding hydrogens is 963 g/mol. The number of thiazole rings is 2. The van der Waals surface area contributed by atoms with E-state index in [1.165, 1.54) is 5.01 Å². The summed E-state index contributed by atoms with van der Waals surface area (Å²) in [6.45, 7) is 27.6. The minimum absolute atomic E-state index is 0.0871. The van der Waals surface area contributed by atoms with Crippen LogP contribution >= 0.6 is 22.7 Å². The molecule has 0 radical (unpaired) electrons. The van der Waals surface area contributed by atoms with Crippen LogP contribution < -0.4 is 24.2 Å². The van der Waals surface area contributed by atoms with Gasteiger partial charge in [-0.05, 0) is 89.8 Å². The highest BCUT2D eigenvalue weighted by Gasteiger charge is 2.32. The van der Waals surface area contributed by atoms with E-state index < -0.39 is 22.8 Å². The number of aliphatic carboxylic acids is 2. The zero-order chi connectivity index (χ0) is 51.9. The molecule has 0 aliphatic carbocycles. The van der Waals surface area contributed by atoms with E-state index in [2.05, 4.69) is 73.4 Å². The van der Waals surface area contributed by atoms with Crippen LogP contribution in [0.5, 0.6) is 11.5 Å². The van der Waals surface area contributed by atoms with E-state index in [0.717, 1.165) is 177 Å². The maximum Gasteiger partial charge on any atom is 0.312 e. The van der Waals surface area contributed by atoms with E-state index in [0.29, 0.717) is 5.92 Å². The molecule has 2 aromatic carbocycles. The van der Waals surface area contributed by atoms with Crippen molar-refractivity contribution in [2.75, 3.05) is 107 Å². The molecule has 4 aromatic heterocycles. The second-order valence-corrected chi connectivity index (χ2v) is 22.9. The molecule has 7 heterocycles. The first kappa shape index (κ1) is 53.6. The van der Waals surface area contributed by atoms with Gasteiger partial charge in [-0.3, -0.25) is 29.4 Å². The molecule has 3 saturated heterocycles. The Morgan fingerprint density at radius 3 is 1.60 bits per heavy atom. The van der Waals surface area contributed by atoms with Crippen molar-refractivity contribution in [3.05, 3.63) is 87.1 Å². The molecule has 392 valence electrons. The summed E-state index contributed by atoms with van der Waals surface area (Å²) in [5.74, 6) is 0.178. The summed E-state index contributed by atoms with van der Waals surface area (Å²) in [5, 5.41) is 28.0. The third kappa shape index (κ3) is 13.2. The molecule has 16 nitrogen and oxygen atoms in total. The lowest BCUT2D eigenvalue weighted by Gasteiger charge is -2.29. The normalized spacial score (nSPS) is 16.6. The van der Waals surface area contributed by atoms with Crippen molar-refractivity contribution in [2.24, 2.45) is 10.8 Å². The van der Waals surface area contributed by atoms with Crippen LogP contribution in [0.4, 0.5) is 16.5 Å². The van der Waals surface area contributed by atoms with Crippen LogP contribution in [0, 0.1) is 24.7 Å². The second kappa shape index (κ2) is 23.7. The summed E-state index contributed by atoms with van der Waals surface area (Å²) in [6.07, 6.45) is 5.64. The number of morpholine rings is 1. The number of hydrogen-bond acceptors (Lipinski definition) is 16. The van der Waals surface area contributed by atoms with Crippen LogP contribution in [-0.4, -0.2) is 144 Å². The summed E-state index contributed by atoms with van der Waals surface area (Å²) < 4.78 is 18.0. The summed E-state index contributed by atoms with van der Waals surface area (Å²) in [7, 11) is 0. The smallest absolute Gasteiger partial charge is 0.312 e. The summed E-state index contributed by atoms with van der Waals surface area (Å²) in [5.41, 5.74) is 5.99. The van der Waals surface area contributed by atoms with Crippen molar-refractivity contribution in [3.8, 4) is 11.5 Å². The molecule has 6 aromatic rings. The number of aromatic nitrogens is 4. The Hall–Kier alpha value is -5.66. The van der Waals surface area contributed by atoms with Crippen LogP contribution in [-0.2, 0) is 27.4 Å². The van der Waals surface area contributed by atoms with E-state index in [4.69, 9.17) is 34.1 Å². The number of fused-ring (bicyclic) bond motifs is 2. The Balaban J connectivity index is 0.000000196. The standard InChI is InChI=1S/C28H37N5O4S.C27H36N4O3S/c1-20-16-21-6-4-7-29-23(21)24(25(20)37-19-28(2,3)26(34)35)32-9-5-8-31(10-11-32)17-22-18-38-27(30-22)33-12-14-36-15-13-33;1-18(2)25-29-21(16-35-25)15-30-10-7-11-31(13-12-30)23-22-20(8-6-9-28-22)14-19(3)24(23)34-17-27(4,5)26(32)33/h4,6-7,16,18H,5,8-15,17,19H2,1-3H3,(H,34,35);6,8-9,14,16,18H,7,10-13,15,17H2,1-5H3,(H,32,33). The number of carbonyl (C=O) groups is 2. The molecule has 0 unspecified atom stereocenters. The molecule has 0 bridgehead atoms. The van der Waals surface area contributed by atoms with Crippen molar-refractivity contribution >= 4 is 72.9 Å². The van der Waals surface area contributed by atoms with Gasteiger partial charge in [-0.1, -0.05) is 26.0 Å². The van der Waals surface area contributed by atoms with Gasteiger partial charge in [0.2, 0.25) is 0 Å². The van der Waals surface area contributed by atoms with Gasteiger partial charge >= 0.3 is 11.9 Å². The fourth-order valence-corrected chi connectivity index (χ4v) is 11.0. The third-order valence-electron chi connectivity index (χ3n) is 13.8.